The fraction of sp³-hybridized carbons (Fsp3) is 0.212. The number of rotatable bonds is 13. The van der Waals surface area contributed by atoms with Crippen molar-refractivity contribution in [1.29, 1.82) is 0 Å². The van der Waals surface area contributed by atoms with Crippen LogP contribution >= 0.6 is 17.0 Å². The third-order valence-electron chi connectivity index (χ3n) is 15.8. The first-order valence-corrected chi connectivity index (χ1v) is 37.6. The van der Waals surface area contributed by atoms with Crippen molar-refractivity contribution in [3.05, 3.63) is 219 Å². The quantitative estimate of drug-likeness (QED) is 0.101. The van der Waals surface area contributed by atoms with Gasteiger partial charge in [-0.3, -0.25) is 0 Å². The van der Waals surface area contributed by atoms with Crippen molar-refractivity contribution in [2.75, 3.05) is 0 Å². The molecule has 11 rings (SSSR count). The standard InChI is InChI=1S/2C27H27.C12H9Si.2ClH.Zr/c2*1-4-5-9-21-17-23-12-13-25(22-10-7-6-8-11-22)27(26(23)18-21)24-15-19(2)14-20(3)16-24;1-3-7-11-9(5-1)10-6-2-4-8-12(10)13-11;;;/h2*6-8,10-18H,4-5,9H2,1-3H3;1-7H,13H2;2*1H;/q;;;;;+2/p-2. The fourth-order valence-electron chi connectivity index (χ4n) is 13.1. The van der Waals surface area contributed by atoms with E-state index in [1.165, 1.54) is 125 Å². The van der Waals surface area contributed by atoms with Crippen LogP contribution in [-0.4, -0.2) is 9.52 Å². The van der Waals surface area contributed by atoms with Gasteiger partial charge in [-0.1, -0.05) is 0 Å². The number of hydrogen-bond acceptors (Lipinski definition) is 0. The van der Waals surface area contributed by atoms with Crippen molar-refractivity contribution in [3.63, 3.8) is 0 Å². The van der Waals surface area contributed by atoms with Gasteiger partial charge in [-0.15, -0.1) is 0 Å². The van der Waals surface area contributed by atoms with Gasteiger partial charge in [-0.05, 0) is 0 Å². The summed E-state index contributed by atoms with van der Waals surface area (Å²) in [5.74, 6) is 0. The van der Waals surface area contributed by atoms with Crippen molar-refractivity contribution in [2.45, 2.75) is 87.3 Å². The van der Waals surface area contributed by atoms with E-state index in [4.69, 9.17) is 0 Å². The molecule has 2 unspecified atom stereocenters. The van der Waals surface area contributed by atoms with Crippen LogP contribution in [0.5, 0.6) is 0 Å². The minimum atomic E-state index is -5.86. The van der Waals surface area contributed by atoms with E-state index < -0.39 is 25.9 Å². The molecule has 0 amide bonds. The average Bonchev–Trinajstić information content (AvgIpc) is 4.06. The molecule has 1 aliphatic heterocycles. The first kappa shape index (κ1) is 47.3. The summed E-state index contributed by atoms with van der Waals surface area (Å²) in [6.45, 7) is 13.6. The second kappa shape index (κ2) is 18.8. The predicted molar refractivity (Wildman–Crippen MR) is 305 cm³/mol. The Morgan fingerprint density at radius 1 is 0.443 bits per heavy atom. The first-order valence-electron chi connectivity index (χ1n) is 25.8. The van der Waals surface area contributed by atoms with Crippen LogP contribution in [-0.2, 0) is 16.4 Å². The Morgan fingerprint density at radius 2 is 0.886 bits per heavy atom. The Bertz CT molecular complexity index is 3200. The first-order chi connectivity index (χ1) is 34.0. The number of benzene rings is 8. The zero-order valence-corrected chi connectivity index (χ0v) is 47.0. The molecule has 2 aliphatic carbocycles. The second-order valence-corrected chi connectivity index (χ2v) is 43.2. The normalized spacial score (nSPS) is 16.5. The number of allylic oxidation sites excluding steroid dienone is 2. The van der Waals surface area contributed by atoms with Crippen LogP contribution < -0.4 is 13.6 Å². The fourth-order valence-corrected chi connectivity index (χ4v) is 41.1. The van der Waals surface area contributed by atoms with Gasteiger partial charge in [0.15, 0.2) is 0 Å². The zero-order chi connectivity index (χ0) is 48.3. The van der Waals surface area contributed by atoms with Gasteiger partial charge >= 0.3 is 431 Å². The van der Waals surface area contributed by atoms with Crippen LogP contribution in [0.3, 0.4) is 0 Å². The number of fused-ring (bicyclic) bond motifs is 5. The summed E-state index contributed by atoms with van der Waals surface area (Å²) in [5, 5.41) is 2.96. The summed E-state index contributed by atoms with van der Waals surface area (Å²) in [6, 6.07) is 62.1. The molecular weight excluding hydrogens is 983 g/mol. The van der Waals surface area contributed by atoms with Gasteiger partial charge in [0.25, 0.3) is 0 Å². The predicted octanol–water partition coefficient (Wildman–Crippen LogP) is 17.0. The van der Waals surface area contributed by atoms with Crippen LogP contribution in [0.1, 0.15) is 104 Å². The van der Waals surface area contributed by atoms with Crippen molar-refractivity contribution in [2.24, 2.45) is 0 Å². The Labute approximate surface area is 427 Å². The van der Waals surface area contributed by atoms with Crippen molar-refractivity contribution >= 4 is 52.3 Å². The van der Waals surface area contributed by atoms with E-state index in [9.17, 15) is 17.0 Å². The molecular formula is C66H63Cl2SiZr. The topological polar surface area (TPSA) is 0 Å². The van der Waals surface area contributed by atoms with Gasteiger partial charge in [-0.25, -0.2) is 0 Å². The summed E-state index contributed by atoms with van der Waals surface area (Å²) in [7, 11) is 18.4. The van der Waals surface area contributed by atoms with Crippen molar-refractivity contribution in [1.82, 2.24) is 0 Å². The number of halogens is 2. The third kappa shape index (κ3) is 7.98. The van der Waals surface area contributed by atoms with Crippen LogP contribution in [0.4, 0.5) is 0 Å². The molecule has 8 aromatic carbocycles. The summed E-state index contributed by atoms with van der Waals surface area (Å²) in [5.41, 5.74) is 25.8. The van der Waals surface area contributed by atoms with Crippen LogP contribution in [0.2, 0.25) is 0 Å². The molecule has 0 aromatic heterocycles. The van der Waals surface area contributed by atoms with Crippen LogP contribution in [0.25, 0.3) is 67.8 Å². The van der Waals surface area contributed by atoms with E-state index in [0.29, 0.717) is 0 Å². The SMILES string of the molecule is CCCCC1=Cc2c(ccc(-c3ccccc3)c2-c2cc(C)cc(C)c2)[CH]1[Zr]([Cl])([Cl])([c]1cccc2c1[SiH2]c1ccccc1-2)[CH]1C(CCCC)=Cc2c1ccc(-c1ccccc1)c2-c1cc(C)cc(C)c1. The molecule has 3 aliphatic rings. The molecule has 0 spiro atoms. The van der Waals surface area contributed by atoms with Gasteiger partial charge in [0.2, 0.25) is 0 Å². The Morgan fingerprint density at radius 3 is 1.36 bits per heavy atom. The number of aryl methyl sites for hydroxylation is 4. The van der Waals surface area contributed by atoms with E-state index in [-0.39, 0.29) is 7.25 Å². The van der Waals surface area contributed by atoms with E-state index in [2.05, 4.69) is 217 Å². The van der Waals surface area contributed by atoms with E-state index in [0.717, 1.165) is 38.5 Å². The van der Waals surface area contributed by atoms with E-state index in [1.54, 1.807) is 0 Å². The summed E-state index contributed by atoms with van der Waals surface area (Å²) in [4.78, 5) is 0. The van der Waals surface area contributed by atoms with Gasteiger partial charge in [0, 0.05) is 0 Å². The van der Waals surface area contributed by atoms with Gasteiger partial charge < -0.3 is 0 Å². The third-order valence-corrected chi connectivity index (χ3v) is 38.6. The molecule has 1 heterocycles. The summed E-state index contributed by atoms with van der Waals surface area (Å²) < 4.78 is 1.000. The molecule has 70 heavy (non-hydrogen) atoms. The molecule has 8 aromatic rings. The molecule has 0 saturated heterocycles. The average molecular weight is 1050 g/mol. The molecule has 0 N–H and O–H groups in total. The maximum absolute atomic E-state index is 9.69. The molecule has 2 atom stereocenters. The zero-order valence-electron chi connectivity index (χ0n) is 41.6. The molecule has 0 bridgehead atoms. The Kier molecular flexibility index (Phi) is 12.7. The van der Waals surface area contributed by atoms with E-state index >= 15 is 0 Å². The number of hydrogen-bond donors (Lipinski definition) is 0. The Hall–Kier alpha value is -5.08. The summed E-state index contributed by atoms with van der Waals surface area (Å²) >= 11 is -5.86. The van der Waals surface area contributed by atoms with Crippen molar-refractivity contribution in [3.8, 4) is 55.6 Å². The molecule has 0 nitrogen and oxygen atoms in total. The number of unbranched alkanes of at least 4 members (excludes halogenated alkanes) is 2. The van der Waals surface area contributed by atoms with Crippen molar-refractivity contribution < 1.29 is 16.4 Å². The summed E-state index contributed by atoms with van der Waals surface area (Å²) in [6.07, 6.45) is 11.4. The van der Waals surface area contributed by atoms with Gasteiger partial charge in [-0.2, -0.15) is 0 Å². The Balaban J connectivity index is 1.26. The van der Waals surface area contributed by atoms with E-state index in [1.807, 2.05) is 0 Å². The van der Waals surface area contributed by atoms with Gasteiger partial charge in [0.1, 0.15) is 0 Å². The second-order valence-electron chi connectivity index (χ2n) is 20.8. The molecule has 4 heteroatoms. The molecule has 0 saturated carbocycles. The molecule has 0 fully saturated rings. The molecule has 0 radical (unpaired) electrons. The van der Waals surface area contributed by atoms with Crippen LogP contribution in [0.15, 0.2) is 175 Å². The maximum atomic E-state index is 9.69. The monoisotopic (exact) mass is 1040 g/mol. The van der Waals surface area contributed by atoms with Crippen LogP contribution in [0, 0.1) is 27.7 Å². The molecule has 349 valence electrons. The minimum absolute atomic E-state index is 0.149. The van der Waals surface area contributed by atoms with Gasteiger partial charge in [0.05, 0.1) is 0 Å².